The van der Waals surface area contributed by atoms with E-state index >= 15 is 0 Å². The first-order valence-corrected chi connectivity index (χ1v) is 6.08. The van der Waals surface area contributed by atoms with Crippen LogP contribution in [-0.2, 0) is 0 Å². The summed E-state index contributed by atoms with van der Waals surface area (Å²) in [6.45, 7) is 7.76. The third-order valence-corrected chi connectivity index (χ3v) is 3.99. The molecule has 0 bridgehead atoms. The Hall–Kier alpha value is -0.681. The number of nitrogens with zero attached hydrogens (tertiary/aromatic N) is 1. The molecule has 0 amide bonds. The Morgan fingerprint density at radius 3 is 2.77 bits per heavy atom. The first-order chi connectivity index (χ1) is 6.15. The van der Waals surface area contributed by atoms with Gasteiger partial charge in [-0.25, -0.2) is 0 Å². The maximum atomic E-state index is 4.07. The van der Waals surface area contributed by atoms with Crippen molar-refractivity contribution in [2.45, 2.75) is 6.42 Å². The summed E-state index contributed by atoms with van der Waals surface area (Å²) in [4.78, 5) is 4.32. The second-order valence-corrected chi connectivity index (χ2v) is 5.41. The van der Waals surface area contributed by atoms with Crippen molar-refractivity contribution in [3.63, 3.8) is 0 Å². The first-order valence-electron chi connectivity index (χ1n) is 4.23. The molecule has 0 fully saturated rings. The summed E-state index contributed by atoms with van der Waals surface area (Å²) >= 11 is 0.517. The molecule has 0 saturated heterocycles. The van der Waals surface area contributed by atoms with Gasteiger partial charge in [0, 0.05) is 0 Å². The molecule has 1 unspecified atom stereocenters. The fourth-order valence-corrected chi connectivity index (χ4v) is 2.86. The summed E-state index contributed by atoms with van der Waals surface area (Å²) in [5.41, 5.74) is 4.13. The zero-order valence-electron chi connectivity index (χ0n) is 8.21. The molecule has 13 heavy (non-hydrogen) atoms. The van der Waals surface area contributed by atoms with Crippen LogP contribution in [-0.4, -0.2) is 34.0 Å². The van der Waals surface area contributed by atoms with Crippen molar-refractivity contribution in [2.75, 3.05) is 14.1 Å². The molecular weight excluding hydrogens is 225 g/mol. The zero-order chi connectivity index (χ0) is 9.84. The van der Waals surface area contributed by atoms with Crippen molar-refractivity contribution in [1.29, 1.82) is 0 Å². The summed E-state index contributed by atoms with van der Waals surface area (Å²) in [6, 6.07) is 0. The average molecular weight is 240 g/mol. The summed E-state index contributed by atoms with van der Waals surface area (Å²) < 4.78 is 1.36. The van der Waals surface area contributed by atoms with Crippen LogP contribution in [0.2, 0.25) is 0 Å². The molecule has 0 aromatic carbocycles. The Labute approximate surface area is 86.7 Å². The van der Waals surface area contributed by atoms with Crippen LogP contribution in [0.5, 0.6) is 0 Å². The molecule has 0 aromatic heterocycles. The number of hydrogen-bond donors (Lipinski definition) is 0. The molecular formula is C11H15NSe. The molecule has 0 aliphatic carbocycles. The fourth-order valence-electron chi connectivity index (χ4n) is 1.22. The molecule has 1 aliphatic heterocycles. The van der Waals surface area contributed by atoms with Gasteiger partial charge in [0.05, 0.1) is 0 Å². The molecule has 2 heteroatoms. The van der Waals surface area contributed by atoms with Gasteiger partial charge in [0.2, 0.25) is 0 Å². The Balaban J connectivity index is 2.62. The standard InChI is InChI=1S/C11H15NSe/c1-5-11(12(3)4)8-10-6-7-13-9(10)2/h6-7,10H,1-2,8H2,3-4H3. The monoisotopic (exact) mass is 241 g/mol. The molecule has 1 aliphatic rings. The van der Waals surface area contributed by atoms with Crippen molar-refractivity contribution in [1.82, 2.24) is 4.90 Å². The van der Waals surface area contributed by atoms with E-state index in [0.29, 0.717) is 20.9 Å². The van der Waals surface area contributed by atoms with Gasteiger partial charge in [-0.1, -0.05) is 0 Å². The maximum absolute atomic E-state index is 4.07. The predicted octanol–water partition coefficient (Wildman–Crippen LogP) is 1.97. The second kappa shape index (κ2) is 4.53. The van der Waals surface area contributed by atoms with Gasteiger partial charge in [-0.3, -0.25) is 0 Å². The zero-order valence-corrected chi connectivity index (χ0v) is 9.92. The van der Waals surface area contributed by atoms with Crippen LogP contribution in [0, 0.1) is 5.92 Å². The topological polar surface area (TPSA) is 3.24 Å². The molecule has 1 nitrogen and oxygen atoms in total. The number of hydrogen-bond acceptors (Lipinski definition) is 1. The van der Waals surface area contributed by atoms with E-state index in [2.05, 4.69) is 34.8 Å². The van der Waals surface area contributed by atoms with E-state index in [1.807, 2.05) is 14.1 Å². The van der Waals surface area contributed by atoms with Gasteiger partial charge in [0.1, 0.15) is 0 Å². The quantitative estimate of drug-likeness (QED) is 0.538. The van der Waals surface area contributed by atoms with Crippen LogP contribution < -0.4 is 0 Å². The van der Waals surface area contributed by atoms with Crippen LogP contribution in [0.15, 0.2) is 40.1 Å². The third-order valence-electron chi connectivity index (χ3n) is 2.10. The van der Waals surface area contributed by atoms with Crippen LogP contribution in [0.25, 0.3) is 0 Å². The molecule has 1 rings (SSSR count). The molecule has 0 saturated carbocycles. The minimum atomic E-state index is 0.517. The normalized spacial score (nSPS) is 20.2. The predicted molar refractivity (Wildman–Crippen MR) is 58.5 cm³/mol. The van der Waals surface area contributed by atoms with Crippen LogP contribution in [0.3, 0.4) is 0 Å². The second-order valence-electron chi connectivity index (χ2n) is 3.24. The van der Waals surface area contributed by atoms with Gasteiger partial charge in [-0.15, -0.1) is 0 Å². The molecule has 0 radical (unpaired) electrons. The summed E-state index contributed by atoms with van der Waals surface area (Å²) in [7, 11) is 4.06. The van der Waals surface area contributed by atoms with E-state index in [9.17, 15) is 0 Å². The number of rotatable bonds is 3. The van der Waals surface area contributed by atoms with E-state index in [1.165, 1.54) is 4.47 Å². The molecule has 70 valence electrons. The van der Waals surface area contributed by atoms with Crippen molar-refractivity contribution >= 4 is 15.0 Å². The van der Waals surface area contributed by atoms with Crippen molar-refractivity contribution in [2.24, 2.45) is 5.92 Å². The molecule has 0 N–H and O–H groups in total. The van der Waals surface area contributed by atoms with Gasteiger partial charge >= 0.3 is 86.4 Å². The molecule has 0 spiro atoms. The van der Waals surface area contributed by atoms with E-state index < -0.39 is 0 Å². The van der Waals surface area contributed by atoms with Gasteiger partial charge in [0.15, 0.2) is 0 Å². The fraction of sp³-hybridized carbons (Fsp3) is 0.364. The van der Waals surface area contributed by atoms with Crippen molar-refractivity contribution < 1.29 is 0 Å². The van der Waals surface area contributed by atoms with E-state index in [-0.39, 0.29) is 0 Å². The Kier molecular flexibility index (Phi) is 3.62. The third kappa shape index (κ3) is 2.63. The van der Waals surface area contributed by atoms with Gasteiger partial charge in [-0.05, 0) is 0 Å². The molecule has 1 heterocycles. The average Bonchev–Trinajstić information content (AvgIpc) is 2.46. The first kappa shape index (κ1) is 10.4. The van der Waals surface area contributed by atoms with Gasteiger partial charge in [0.25, 0.3) is 0 Å². The van der Waals surface area contributed by atoms with E-state index in [1.54, 1.807) is 0 Å². The Morgan fingerprint density at radius 1 is 1.69 bits per heavy atom. The summed E-state index contributed by atoms with van der Waals surface area (Å²) in [5, 5.41) is 0. The molecule has 1 atom stereocenters. The molecule has 0 aromatic rings. The SMILES string of the molecule is C=C=C(CC1C=C[Se]C1=C)N(C)C. The van der Waals surface area contributed by atoms with Gasteiger partial charge < -0.3 is 0 Å². The van der Waals surface area contributed by atoms with E-state index in [4.69, 9.17) is 0 Å². The summed E-state index contributed by atoms with van der Waals surface area (Å²) in [5.74, 6) is 0.520. The van der Waals surface area contributed by atoms with Crippen molar-refractivity contribution in [3.8, 4) is 0 Å². The minimum absolute atomic E-state index is 0.517. The summed E-state index contributed by atoms with van der Waals surface area (Å²) in [6.07, 6.45) is 3.25. The number of allylic oxidation sites excluding steroid dienone is 3. The van der Waals surface area contributed by atoms with Crippen LogP contribution >= 0.6 is 0 Å². The Bertz CT molecular complexity index is 282. The van der Waals surface area contributed by atoms with Crippen LogP contribution in [0.1, 0.15) is 6.42 Å². The van der Waals surface area contributed by atoms with Gasteiger partial charge in [-0.2, -0.15) is 0 Å². The van der Waals surface area contributed by atoms with E-state index in [0.717, 1.165) is 12.1 Å². The van der Waals surface area contributed by atoms with Crippen molar-refractivity contribution in [3.05, 3.63) is 40.1 Å². The van der Waals surface area contributed by atoms with Crippen LogP contribution in [0.4, 0.5) is 0 Å². The Morgan fingerprint density at radius 2 is 2.38 bits per heavy atom.